The van der Waals surface area contributed by atoms with E-state index in [0.29, 0.717) is 30.4 Å². The number of hydrogen-bond acceptors (Lipinski definition) is 3. The first-order valence-corrected chi connectivity index (χ1v) is 11.9. The van der Waals surface area contributed by atoms with Gasteiger partial charge in [-0.1, -0.05) is 36.4 Å². The number of aromatic nitrogens is 2. The van der Waals surface area contributed by atoms with Gasteiger partial charge < -0.3 is 15.4 Å². The first kappa shape index (κ1) is 24.5. The number of nitrogens with two attached hydrogens (primary N) is 1. The molecule has 0 spiro atoms. The number of unbranched alkanes of at least 4 members (excludes halogenated alkanes) is 1. The highest BCUT2D eigenvalue weighted by Gasteiger charge is 2.32. The van der Waals surface area contributed by atoms with Gasteiger partial charge in [0.25, 0.3) is 0 Å². The van der Waals surface area contributed by atoms with Gasteiger partial charge in [0.1, 0.15) is 5.69 Å². The Bertz CT molecular complexity index is 1610. The van der Waals surface area contributed by atoms with E-state index in [0.717, 1.165) is 44.7 Å². The quantitative estimate of drug-likeness (QED) is 0.257. The molecule has 0 bridgehead atoms. The molecule has 1 amide bonds. The van der Waals surface area contributed by atoms with Gasteiger partial charge in [0.15, 0.2) is 0 Å². The summed E-state index contributed by atoms with van der Waals surface area (Å²) in [5.41, 5.74) is 9.89. The maximum Gasteiger partial charge on any atom is 0.433 e. The second kappa shape index (κ2) is 9.71. The molecule has 5 rings (SSSR count). The van der Waals surface area contributed by atoms with Gasteiger partial charge in [-0.15, -0.1) is 0 Å². The molecule has 2 heterocycles. The van der Waals surface area contributed by atoms with E-state index in [4.69, 9.17) is 5.73 Å². The number of amides is 1. The second-order valence-corrected chi connectivity index (χ2v) is 8.87. The van der Waals surface area contributed by atoms with Crippen LogP contribution in [-0.4, -0.2) is 27.2 Å². The number of carbonyl (C=O) groups is 1. The number of benzene rings is 3. The molecule has 3 aromatic carbocycles. The zero-order valence-corrected chi connectivity index (χ0v) is 19.8. The van der Waals surface area contributed by atoms with E-state index in [9.17, 15) is 23.1 Å². The number of primary amides is 1. The number of hydrogen-bond donors (Lipinski definition) is 2. The predicted molar refractivity (Wildman–Crippen MR) is 138 cm³/mol. The molecule has 37 heavy (non-hydrogen) atoms. The minimum Gasteiger partial charge on any atom is -0.396 e. The van der Waals surface area contributed by atoms with Crippen LogP contribution in [0.1, 0.15) is 34.5 Å². The molecule has 0 fully saturated rings. The molecule has 5 nitrogen and oxygen atoms in total. The van der Waals surface area contributed by atoms with Crippen LogP contribution in [0.5, 0.6) is 0 Å². The molecule has 3 N–H and O–H groups in total. The van der Waals surface area contributed by atoms with Crippen LogP contribution in [0.3, 0.4) is 0 Å². The number of pyridine rings is 1. The maximum atomic E-state index is 13.1. The minimum absolute atomic E-state index is 0.0695. The van der Waals surface area contributed by atoms with Crippen molar-refractivity contribution in [1.29, 1.82) is 0 Å². The lowest BCUT2D eigenvalue weighted by atomic mass is 10.00. The summed E-state index contributed by atoms with van der Waals surface area (Å²) in [6, 6.07) is 21.5. The van der Waals surface area contributed by atoms with E-state index in [-0.39, 0.29) is 6.61 Å². The molecule has 188 valence electrons. The van der Waals surface area contributed by atoms with Crippen LogP contribution in [0.15, 0.2) is 79.0 Å². The number of nitrogens with zero attached hydrogens (tertiary/aromatic N) is 2. The zero-order valence-electron chi connectivity index (χ0n) is 19.8. The highest BCUT2D eigenvalue weighted by Crippen LogP contribution is 2.39. The largest absolute Gasteiger partial charge is 0.433 e. The molecule has 0 atom stereocenters. The zero-order chi connectivity index (χ0) is 26.2. The third-order valence-corrected chi connectivity index (χ3v) is 6.53. The number of fused-ring (bicyclic) bond motifs is 3. The number of para-hydroxylation sites is 1. The van der Waals surface area contributed by atoms with Gasteiger partial charge in [-0.25, -0.2) is 0 Å². The lowest BCUT2D eigenvalue weighted by molar-refractivity contribution is -0.141. The third kappa shape index (κ3) is 4.56. The van der Waals surface area contributed by atoms with E-state index in [1.54, 1.807) is 6.07 Å². The van der Waals surface area contributed by atoms with E-state index in [2.05, 4.69) is 9.55 Å². The Morgan fingerprint density at radius 3 is 2.43 bits per heavy atom. The van der Waals surface area contributed by atoms with E-state index < -0.39 is 17.8 Å². The average molecular weight is 504 g/mol. The number of carbonyl (C=O) groups excluding carboxylic acids is 1. The first-order chi connectivity index (χ1) is 17.8. The smallest absolute Gasteiger partial charge is 0.396 e. The Morgan fingerprint density at radius 2 is 1.73 bits per heavy atom. The number of aliphatic hydroxyl groups excluding tert-OH is 1. The number of aryl methyl sites for hydroxylation is 1. The van der Waals surface area contributed by atoms with E-state index >= 15 is 0 Å². The molecule has 0 saturated carbocycles. The third-order valence-electron chi connectivity index (χ3n) is 6.53. The lowest BCUT2D eigenvalue weighted by Gasteiger charge is -2.13. The van der Waals surface area contributed by atoms with Gasteiger partial charge in [0, 0.05) is 40.4 Å². The van der Waals surface area contributed by atoms with Crippen molar-refractivity contribution in [2.45, 2.75) is 25.4 Å². The summed E-state index contributed by atoms with van der Waals surface area (Å²) in [5, 5.41) is 11.0. The number of rotatable bonds is 7. The first-order valence-electron chi connectivity index (χ1n) is 11.9. The van der Waals surface area contributed by atoms with Crippen LogP contribution in [0.2, 0.25) is 0 Å². The van der Waals surface area contributed by atoms with Crippen molar-refractivity contribution in [3.8, 4) is 16.8 Å². The summed E-state index contributed by atoms with van der Waals surface area (Å²) in [6.07, 6.45) is -1.34. The molecule has 0 aliphatic rings. The summed E-state index contributed by atoms with van der Waals surface area (Å²) >= 11 is 0. The van der Waals surface area contributed by atoms with E-state index in [1.807, 2.05) is 54.6 Å². The van der Waals surface area contributed by atoms with Crippen LogP contribution in [0, 0.1) is 0 Å². The van der Waals surface area contributed by atoms with E-state index in [1.165, 1.54) is 12.3 Å². The fourth-order valence-corrected chi connectivity index (χ4v) is 4.85. The van der Waals surface area contributed by atoms with Gasteiger partial charge in [-0.3, -0.25) is 9.78 Å². The van der Waals surface area contributed by atoms with Crippen LogP contribution in [0.4, 0.5) is 13.2 Å². The average Bonchev–Trinajstić information content (AvgIpc) is 3.23. The highest BCUT2D eigenvalue weighted by atomic mass is 19.4. The van der Waals surface area contributed by atoms with Crippen LogP contribution < -0.4 is 5.73 Å². The molecule has 0 aliphatic heterocycles. The molecule has 0 saturated heterocycles. The predicted octanol–water partition coefficient (Wildman–Crippen LogP) is 6.28. The summed E-state index contributed by atoms with van der Waals surface area (Å²) in [5.74, 6) is -0.509. The van der Waals surface area contributed by atoms with Crippen molar-refractivity contribution in [2.75, 3.05) is 6.61 Å². The van der Waals surface area contributed by atoms with Crippen molar-refractivity contribution in [1.82, 2.24) is 9.55 Å². The van der Waals surface area contributed by atoms with Crippen molar-refractivity contribution in [3.63, 3.8) is 0 Å². The van der Waals surface area contributed by atoms with Gasteiger partial charge in [-0.2, -0.15) is 13.2 Å². The second-order valence-electron chi connectivity index (χ2n) is 8.87. The fraction of sp³-hybridized carbons (Fsp3) is 0.172. The SMILES string of the molecule is NC(=O)c1ccc(-n2c3ccccc3c3c(-c4ccc(C(F)(F)F)nc4)cccc32)cc1CCCCO. The maximum absolute atomic E-state index is 13.1. The summed E-state index contributed by atoms with van der Waals surface area (Å²) in [6.45, 7) is 0.0695. The highest BCUT2D eigenvalue weighted by molar-refractivity contribution is 6.15. The molecular formula is C29H24F3N3O2. The standard InChI is InChI=1S/C29H24F3N3O2/c30-29(31,32)26-14-11-19(17-34-26)21-8-5-10-25-27(21)23-7-1-2-9-24(23)35(25)20-12-13-22(28(33)37)18(16-20)6-3-4-15-36/h1-2,5,7-14,16-17,36H,3-4,6,15H2,(H2,33,37). The van der Waals surface area contributed by atoms with Crippen LogP contribution in [-0.2, 0) is 12.6 Å². The van der Waals surface area contributed by atoms with Crippen molar-refractivity contribution < 1.29 is 23.1 Å². The minimum atomic E-state index is -4.51. The molecule has 0 unspecified atom stereocenters. The monoisotopic (exact) mass is 503 g/mol. The fourth-order valence-electron chi connectivity index (χ4n) is 4.85. The van der Waals surface area contributed by atoms with Crippen molar-refractivity contribution >= 4 is 27.7 Å². The van der Waals surface area contributed by atoms with Gasteiger partial charge in [0.2, 0.25) is 5.91 Å². The Morgan fingerprint density at radius 1 is 0.946 bits per heavy atom. The topological polar surface area (TPSA) is 81.1 Å². The van der Waals surface area contributed by atoms with Gasteiger partial charge in [0.05, 0.1) is 11.0 Å². The molecule has 5 aromatic rings. The Balaban J connectivity index is 1.72. The Kier molecular flexibility index (Phi) is 6.43. The van der Waals surface area contributed by atoms with Crippen LogP contribution in [0.25, 0.3) is 38.6 Å². The van der Waals surface area contributed by atoms with Gasteiger partial charge in [-0.05, 0) is 66.8 Å². The molecular weight excluding hydrogens is 479 g/mol. The number of alkyl halides is 3. The summed E-state index contributed by atoms with van der Waals surface area (Å²) < 4.78 is 41.3. The number of aliphatic hydroxyl groups is 1. The molecule has 2 aromatic heterocycles. The molecule has 0 aliphatic carbocycles. The van der Waals surface area contributed by atoms with Gasteiger partial charge >= 0.3 is 6.18 Å². The normalized spacial score (nSPS) is 11.9. The Labute approximate surface area is 211 Å². The Hall–Kier alpha value is -4.17. The molecule has 0 radical (unpaired) electrons. The molecule has 8 heteroatoms. The number of halogens is 3. The van der Waals surface area contributed by atoms with Crippen LogP contribution >= 0.6 is 0 Å². The van der Waals surface area contributed by atoms with Crippen molar-refractivity contribution in [2.24, 2.45) is 5.73 Å². The summed E-state index contributed by atoms with van der Waals surface area (Å²) in [7, 11) is 0. The summed E-state index contributed by atoms with van der Waals surface area (Å²) in [4.78, 5) is 15.7. The lowest BCUT2D eigenvalue weighted by Crippen LogP contribution is -2.14. The van der Waals surface area contributed by atoms with Crippen molar-refractivity contribution in [3.05, 3.63) is 95.8 Å².